The molecule has 0 bridgehead atoms. The van der Waals surface area contributed by atoms with Crippen molar-refractivity contribution in [1.29, 1.82) is 0 Å². The predicted octanol–water partition coefficient (Wildman–Crippen LogP) is 4.15. The Bertz CT molecular complexity index is 1170. The second-order valence-electron chi connectivity index (χ2n) is 6.39. The fraction of sp³-hybridized carbons (Fsp3) is 0.250. The quantitative estimate of drug-likeness (QED) is 0.448. The summed E-state index contributed by atoms with van der Waals surface area (Å²) in [5.41, 5.74) is 2.80. The summed E-state index contributed by atoms with van der Waals surface area (Å²) in [4.78, 5) is 20.9. The molecule has 4 rings (SSSR count). The van der Waals surface area contributed by atoms with E-state index >= 15 is 0 Å². The van der Waals surface area contributed by atoms with E-state index < -0.39 is 0 Å². The summed E-state index contributed by atoms with van der Waals surface area (Å²) in [7, 11) is 1.62. The molecule has 30 heavy (non-hydrogen) atoms. The molecule has 0 saturated carbocycles. The molecule has 0 saturated heterocycles. The number of anilines is 1. The number of hydrogen-bond acceptors (Lipinski definition) is 8. The van der Waals surface area contributed by atoms with E-state index in [-0.39, 0.29) is 6.03 Å². The van der Waals surface area contributed by atoms with Crippen molar-refractivity contribution < 1.29 is 9.53 Å². The highest BCUT2D eigenvalue weighted by molar-refractivity contribution is 7.22. The van der Waals surface area contributed by atoms with Crippen LogP contribution in [-0.2, 0) is 12.8 Å². The fourth-order valence-electron chi connectivity index (χ4n) is 2.80. The molecule has 0 unspecified atom stereocenters. The minimum absolute atomic E-state index is 0.286. The first-order chi connectivity index (χ1) is 14.6. The third-order valence-electron chi connectivity index (χ3n) is 4.33. The lowest BCUT2D eigenvalue weighted by Crippen LogP contribution is -2.30. The van der Waals surface area contributed by atoms with Gasteiger partial charge in [-0.1, -0.05) is 24.3 Å². The number of carbonyl (C=O) groups excluding carboxylic acids is 1. The highest BCUT2D eigenvalue weighted by atomic mass is 32.1. The number of nitrogens with zero attached hydrogens (tertiary/aromatic N) is 4. The van der Waals surface area contributed by atoms with Crippen molar-refractivity contribution in [1.82, 2.24) is 25.5 Å². The maximum Gasteiger partial charge on any atom is 0.321 e. The van der Waals surface area contributed by atoms with Crippen LogP contribution < -0.4 is 15.4 Å². The van der Waals surface area contributed by atoms with Gasteiger partial charge in [-0.15, -0.1) is 21.5 Å². The molecule has 0 fully saturated rings. The molecule has 0 aliphatic carbocycles. The third kappa shape index (κ3) is 4.71. The van der Waals surface area contributed by atoms with Crippen molar-refractivity contribution in [2.75, 3.05) is 19.0 Å². The van der Waals surface area contributed by atoms with Crippen LogP contribution in [0.15, 0.2) is 36.7 Å². The van der Waals surface area contributed by atoms with Gasteiger partial charge in [0.1, 0.15) is 15.8 Å². The minimum atomic E-state index is -0.286. The molecule has 154 valence electrons. The highest BCUT2D eigenvalue weighted by Gasteiger charge is 2.10. The molecule has 2 amide bonds. The smallest absolute Gasteiger partial charge is 0.321 e. The molecular formula is C20H20N6O2S2. The molecule has 0 radical (unpaired) electrons. The zero-order valence-corrected chi connectivity index (χ0v) is 18.1. The number of ether oxygens (including phenoxy) is 1. The maximum atomic E-state index is 12.2. The Kier molecular flexibility index (Phi) is 6.15. The van der Waals surface area contributed by atoms with Crippen molar-refractivity contribution in [2.24, 2.45) is 0 Å². The van der Waals surface area contributed by atoms with Crippen LogP contribution in [0.4, 0.5) is 9.93 Å². The number of benzene rings is 1. The van der Waals surface area contributed by atoms with Crippen molar-refractivity contribution in [3.63, 3.8) is 0 Å². The van der Waals surface area contributed by atoms with Crippen molar-refractivity contribution in [3.05, 3.63) is 46.7 Å². The van der Waals surface area contributed by atoms with Gasteiger partial charge >= 0.3 is 6.03 Å². The lowest BCUT2D eigenvalue weighted by Gasteiger charge is -2.03. The summed E-state index contributed by atoms with van der Waals surface area (Å²) >= 11 is 3.00. The Hall–Kier alpha value is -3.11. The first kappa shape index (κ1) is 20.2. The number of amides is 2. The van der Waals surface area contributed by atoms with Gasteiger partial charge in [0.25, 0.3) is 0 Å². The van der Waals surface area contributed by atoms with Crippen molar-refractivity contribution in [2.45, 2.75) is 19.8 Å². The number of rotatable bonds is 7. The molecular weight excluding hydrogens is 420 g/mol. The first-order valence-electron chi connectivity index (χ1n) is 9.40. The fourth-order valence-corrected chi connectivity index (χ4v) is 4.49. The number of pyridine rings is 1. The zero-order chi connectivity index (χ0) is 20.9. The summed E-state index contributed by atoms with van der Waals surface area (Å²) in [5, 5.41) is 16.3. The average Bonchev–Trinajstić information content (AvgIpc) is 3.39. The lowest BCUT2D eigenvalue weighted by molar-refractivity contribution is 0.252. The maximum absolute atomic E-state index is 12.2. The van der Waals surface area contributed by atoms with Crippen LogP contribution in [0.25, 0.3) is 21.3 Å². The number of urea groups is 1. The van der Waals surface area contributed by atoms with E-state index in [2.05, 4.69) is 30.8 Å². The van der Waals surface area contributed by atoms with Gasteiger partial charge in [0, 0.05) is 24.7 Å². The number of fused-ring (bicyclic) bond motifs is 1. The average molecular weight is 441 g/mol. The topological polar surface area (TPSA) is 102 Å². The Morgan fingerprint density at radius 2 is 1.97 bits per heavy atom. The molecule has 0 aliphatic rings. The summed E-state index contributed by atoms with van der Waals surface area (Å²) in [5.74, 6) is 0.704. The minimum Gasteiger partial charge on any atom is -0.495 e. The molecule has 2 N–H and O–H groups in total. The molecule has 4 aromatic rings. The van der Waals surface area contributed by atoms with Crippen LogP contribution in [0, 0.1) is 0 Å². The van der Waals surface area contributed by atoms with E-state index in [4.69, 9.17) is 4.74 Å². The molecule has 3 heterocycles. The van der Waals surface area contributed by atoms with E-state index in [1.54, 1.807) is 30.8 Å². The predicted molar refractivity (Wildman–Crippen MR) is 119 cm³/mol. The number of hydrogen-bond donors (Lipinski definition) is 2. The normalized spacial score (nSPS) is 10.9. The number of nitrogens with one attached hydrogen (secondary N) is 2. The second kappa shape index (κ2) is 9.14. The van der Waals surface area contributed by atoms with Crippen molar-refractivity contribution >= 4 is 44.1 Å². The van der Waals surface area contributed by atoms with Gasteiger partial charge < -0.3 is 10.1 Å². The number of thiazole rings is 1. The first-order valence-corrected chi connectivity index (χ1v) is 11.0. The van der Waals surface area contributed by atoms with Gasteiger partial charge in [-0.25, -0.2) is 9.78 Å². The van der Waals surface area contributed by atoms with Gasteiger partial charge in [0.2, 0.25) is 0 Å². The monoisotopic (exact) mass is 440 g/mol. The van der Waals surface area contributed by atoms with E-state index in [0.29, 0.717) is 23.8 Å². The number of methoxy groups -OCH3 is 1. The number of carbonyl (C=O) groups is 1. The molecule has 1 aromatic carbocycles. The molecule has 0 aliphatic heterocycles. The Morgan fingerprint density at radius 1 is 1.10 bits per heavy atom. The van der Waals surface area contributed by atoms with Gasteiger partial charge in [-0.05, 0) is 30.2 Å². The molecule has 0 spiro atoms. The molecule has 8 nitrogen and oxygen atoms in total. The molecule has 10 heteroatoms. The van der Waals surface area contributed by atoms with E-state index in [1.807, 2.05) is 31.2 Å². The van der Waals surface area contributed by atoms with Gasteiger partial charge in [-0.2, -0.15) is 0 Å². The summed E-state index contributed by atoms with van der Waals surface area (Å²) in [6.45, 7) is 2.53. The van der Waals surface area contributed by atoms with Crippen molar-refractivity contribution in [3.8, 4) is 16.9 Å². The van der Waals surface area contributed by atoms with Gasteiger partial charge in [0.15, 0.2) is 5.13 Å². The summed E-state index contributed by atoms with van der Waals surface area (Å²) < 4.78 is 6.22. The van der Waals surface area contributed by atoms with Crippen LogP contribution in [0.3, 0.4) is 0 Å². The van der Waals surface area contributed by atoms with E-state index in [1.165, 1.54) is 11.3 Å². The second-order valence-corrected chi connectivity index (χ2v) is 8.57. The Labute approximate surface area is 181 Å². The number of aromatic nitrogens is 4. The number of aryl methyl sites for hydroxylation is 1. The highest BCUT2D eigenvalue weighted by Crippen LogP contribution is 2.31. The summed E-state index contributed by atoms with van der Waals surface area (Å²) in [6.07, 6.45) is 4.99. The Morgan fingerprint density at radius 3 is 2.77 bits per heavy atom. The Balaban J connectivity index is 1.38. The third-order valence-corrected chi connectivity index (χ3v) is 6.39. The molecule has 3 aromatic heterocycles. The standard InChI is InChI=1S/C20H20N6O2S2/c1-3-17-25-26-18(30-17)6-7-22-19(27)24-20-23-15-5-4-12(9-16(15)29-20)13-8-14(28-2)11-21-10-13/h4-5,8-11H,3,6-7H2,1-2H3,(H2,22,23,24,27). The van der Waals surface area contributed by atoms with Crippen LogP contribution >= 0.6 is 22.7 Å². The molecule has 0 atom stereocenters. The largest absolute Gasteiger partial charge is 0.495 e. The van der Waals surface area contributed by atoms with E-state index in [9.17, 15) is 4.79 Å². The summed E-state index contributed by atoms with van der Waals surface area (Å²) in [6, 6.07) is 7.60. The van der Waals surface area contributed by atoms with Crippen LogP contribution in [0.2, 0.25) is 0 Å². The zero-order valence-electron chi connectivity index (χ0n) is 16.5. The lowest BCUT2D eigenvalue weighted by atomic mass is 10.1. The van der Waals surface area contributed by atoms with Gasteiger partial charge in [0.05, 0.1) is 23.5 Å². The van der Waals surface area contributed by atoms with E-state index in [0.717, 1.165) is 37.8 Å². The SMILES string of the molecule is CCc1nnc(CCNC(=O)Nc2nc3ccc(-c4cncc(OC)c4)cc3s2)s1. The van der Waals surface area contributed by atoms with Gasteiger partial charge in [-0.3, -0.25) is 10.3 Å². The van der Waals surface area contributed by atoms with Crippen LogP contribution in [0.1, 0.15) is 16.9 Å². The van der Waals surface area contributed by atoms with Crippen LogP contribution in [-0.4, -0.2) is 39.9 Å². The van der Waals surface area contributed by atoms with Crippen LogP contribution in [0.5, 0.6) is 5.75 Å².